The van der Waals surface area contributed by atoms with Crippen LogP contribution in [0, 0.1) is 0 Å². The highest BCUT2D eigenvalue weighted by Gasteiger charge is 2.08. The molecule has 140 valence electrons. The topological polar surface area (TPSA) is 88.2 Å². The number of methoxy groups -OCH3 is 1. The molecule has 1 aromatic heterocycles. The van der Waals surface area contributed by atoms with Crippen LogP contribution in [-0.4, -0.2) is 36.1 Å². The van der Waals surface area contributed by atoms with E-state index in [4.69, 9.17) is 4.74 Å². The van der Waals surface area contributed by atoms with Crippen molar-refractivity contribution in [1.82, 2.24) is 9.97 Å². The highest BCUT2D eigenvalue weighted by atomic mass is 16.5. The van der Waals surface area contributed by atoms with Crippen LogP contribution in [0.5, 0.6) is 0 Å². The number of carbonyl (C=O) groups excluding carboxylic acids is 1. The lowest BCUT2D eigenvalue weighted by Gasteiger charge is -2.12. The maximum absolute atomic E-state index is 11.2. The first-order valence-corrected chi connectivity index (χ1v) is 8.80. The molecule has 0 saturated carbocycles. The van der Waals surface area contributed by atoms with Crippen molar-refractivity contribution in [3.63, 3.8) is 0 Å². The Morgan fingerprint density at radius 1 is 1.07 bits per heavy atom. The summed E-state index contributed by atoms with van der Waals surface area (Å²) < 4.78 is 5.09. The highest BCUT2D eigenvalue weighted by Crippen LogP contribution is 2.24. The van der Waals surface area contributed by atoms with Crippen LogP contribution in [0.2, 0.25) is 0 Å². The number of carbonyl (C=O) groups is 1. The second-order valence-corrected chi connectivity index (χ2v) is 6.07. The van der Waals surface area contributed by atoms with Crippen molar-refractivity contribution >= 4 is 40.0 Å². The molecule has 1 heterocycles. The molecule has 0 fully saturated rings. The van der Waals surface area contributed by atoms with Crippen LogP contribution in [0.3, 0.4) is 0 Å². The van der Waals surface area contributed by atoms with E-state index in [1.165, 1.54) is 6.92 Å². The molecule has 7 nitrogen and oxygen atoms in total. The number of aromatic nitrogens is 2. The zero-order chi connectivity index (χ0) is 19.1. The smallest absolute Gasteiger partial charge is 0.229 e. The van der Waals surface area contributed by atoms with Gasteiger partial charge in [0.05, 0.1) is 5.52 Å². The second-order valence-electron chi connectivity index (χ2n) is 6.07. The third-order valence-electron chi connectivity index (χ3n) is 3.86. The zero-order valence-electron chi connectivity index (χ0n) is 15.5. The lowest BCUT2D eigenvalue weighted by Crippen LogP contribution is -2.09. The first-order chi connectivity index (χ1) is 13.2. The minimum absolute atomic E-state index is 0.114. The monoisotopic (exact) mass is 365 g/mol. The maximum atomic E-state index is 11.2. The van der Waals surface area contributed by atoms with Gasteiger partial charge in [-0.2, -0.15) is 4.98 Å². The van der Waals surface area contributed by atoms with Gasteiger partial charge in [-0.25, -0.2) is 4.98 Å². The first-order valence-electron chi connectivity index (χ1n) is 8.80. The van der Waals surface area contributed by atoms with Gasteiger partial charge in [0.1, 0.15) is 5.82 Å². The van der Waals surface area contributed by atoms with Crippen LogP contribution in [0.4, 0.5) is 23.1 Å². The molecule has 3 rings (SSSR count). The average Bonchev–Trinajstić information content (AvgIpc) is 2.65. The number of rotatable bonds is 8. The van der Waals surface area contributed by atoms with E-state index in [2.05, 4.69) is 25.9 Å². The number of nitrogens with zero attached hydrogens (tertiary/aromatic N) is 2. The number of fused-ring (bicyclic) bond motifs is 1. The standard InChI is InChI=1S/C20H23N5O2/c1-14(26)22-15-7-5-8-16(13-15)23-20-24-18-10-4-3-9-17(18)19(25-20)21-11-6-12-27-2/h3-5,7-10,13H,6,11-12H2,1-2H3,(H,22,26)(H2,21,23,24,25). The molecule has 0 saturated heterocycles. The summed E-state index contributed by atoms with van der Waals surface area (Å²) in [4.78, 5) is 20.5. The predicted molar refractivity (Wildman–Crippen MR) is 109 cm³/mol. The van der Waals surface area contributed by atoms with E-state index < -0.39 is 0 Å². The molecular weight excluding hydrogens is 342 g/mol. The third kappa shape index (κ3) is 5.15. The summed E-state index contributed by atoms with van der Waals surface area (Å²) in [6.45, 7) is 2.93. The van der Waals surface area contributed by atoms with Crippen molar-refractivity contribution in [1.29, 1.82) is 0 Å². The van der Waals surface area contributed by atoms with Gasteiger partial charge in [-0.05, 0) is 36.8 Å². The Kier molecular flexibility index (Phi) is 6.17. The number of amides is 1. The van der Waals surface area contributed by atoms with Crippen molar-refractivity contribution in [2.45, 2.75) is 13.3 Å². The van der Waals surface area contributed by atoms with Crippen molar-refractivity contribution in [2.75, 3.05) is 36.2 Å². The fourth-order valence-corrected chi connectivity index (χ4v) is 2.70. The molecule has 2 aromatic carbocycles. The number of nitrogens with one attached hydrogen (secondary N) is 3. The first kappa shape index (κ1) is 18.6. The van der Waals surface area contributed by atoms with Crippen LogP contribution >= 0.6 is 0 Å². The zero-order valence-corrected chi connectivity index (χ0v) is 15.5. The molecular formula is C20H23N5O2. The molecule has 0 unspecified atom stereocenters. The van der Waals surface area contributed by atoms with Gasteiger partial charge in [0, 0.05) is 43.9 Å². The van der Waals surface area contributed by atoms with E-state index in [9.17, 15) is 4.79 Å². The fourth-order valence-electron chi connectivity index (χ4n) is 2.70. The summed E-state index contributed by atoms with van der Waals surface area (Å²) in [5, 5.41) is 10.3. The predicted octanol–water partition coefficient (Wildman–Crippen LogP) is 3.78. The van der Waals surface area contributed by atoms with E-state index >= 15 is 0 Å². The largest absolute Gasteiger partial charge is 0.385 e. The van der Waals surface area contributed by atoms with Gasteiger partial charge in [-0.1, -0.05) is 18.2 Å². The summed E-state index contributed by atoms with van der Waals surface area (Å²) in [7, 11) is 1.69. The Labute approximate surface area is 158 Å². The molecule has 3 aromatic rings. The van der Waals surface area contributed by atoms with E-state index in [0.717, 1.165) is 35.4 Å². The molecule has 0 spiro atoms. The molecule has 3 N–H and O–H groups in total. The normalized spacial score (nSPS) is 10.6. The fraction of sp³-hybridized carbons (Fsp3) is 0.250. The molecule has 27 heavy (non-hydrogen) atoms. The van der Waals surface area contributed by atoms with Crippen LogP contribution in [0.15, 0.2) is 48.5 Å². The van der Waals surface area contributed by atoms with Crippen molar-refractivity contribution in [3.05, 3.63) is 48.5 Å². The van der Waals surface area contributed by atoms with E-state index in [0.29, 0.717) is 18.2 Å². The molecule has 1 amide bonds. The number of hydrogen-bond acceptors (Lipinski definition) is 6. The second kappa shape index (κ2) is 8.95. The van der Waals surface area contributed by atoms with Gasteiger partial charge in [0.15, 0.2) is 0 Å². The van der Waals surface area contributed by atoms with Gasteiger partial charge < -0.3 is 20.7 Å². The third-order valence-corrected chi connectivity index (χ3v) is 3.86. The van der Waals surface area contributed by atoms with Crippen LogP contribution in [-0.2, 0) is 9.53 Å². The molecule has 0 aliphatic heterocycles. The lowest BCUT2D eigenvalue weighted by molar-refractivity contribution is -0.114. The summed E-state index contributed by atoms with van der Waals surface area (Å²) in [5.41, 5.74) is 2.36. The van der Waals surface area contributed by atoms with Crippen molar-refractivity contribution < 1.29 is 9.53 Å². The molecule has 0 atom stereocenters. The van der Waals surface area contributed by atoms with Crippen molar-refractivity contribution in [2.24, 2.45) is 0 Å². The Morgan fingerprint density at radius 3 is 2.70 bits per heavy atom. The number of para-hydroxylation sites is 1. The number of hydrogen-bond donors (Lipinski definition) is 3. The summed E-state index contributed by atoms with van der Waals surface area (Å²) in [6, 6.07) is 15.3. The molecule has 0 aliphatic rings. The molecule has 7 heteroatoms. The Hall–Kier alpha value is -3.19. The Morgan fingerprint density at radius 2 is 1.89 bits per heavy atom. The number of benzene rings is 2. The van der Waals surface area contributed by atoms with Crippen molar-refractivity contribution in [3.8, 4) is 0 Å². The Bertz CT molecular complexity index is 929. The quantitative estimate of drug-likeness (QED) is 0.527. The van der Waals surface area contributed by atoms with Gasteiger partial charge in [-0.15, -0.1) is 0 Å². The SMILES string of the molecule is COCCCNc1nc(Nc2cccc(NC(C)=O)c2)nc2ccccc12. The minimum atomic E-state index is -0.114. The van der Waals surface area contributed by atoms with Gasteiger partial charge in [0.25, 0.3) is 0 Å². The van der Waals surface area contributed by atoms with E-state index in [1.54, 1.807) is 7.11 Å². The molecule has 0 aliphatic carbocycles. The summed E-state index contributed by atoms with van der Waals surface area (Å²) in [6.07, 6.45) is 0.885. The number of anilines is 4. The summed E-state index contributed by atoms with van der Waals surface area (Å²) >= 11 is 0. The summed E-state index contributed by atoms with van der Waals surface area (Å²) in [5.74, 6) is 1.15. The average molecular weight is 365 g/mol. The van der Waals surface area contributed by atoms with Crippen LogP contribution in [0.25, 0.3) is 10.9 Å². The van der Waals surface area contributed by atoms with Gasteiger partial charge in [-0.3, -0.25) is 4.79 Å². The van der Waals surface area contributed by atoms with Crippen LogP contribution in [0.1, 0.15) is 13.3 Å². The van der Waals surface area contributed by atoms with Gasteiger partial charge in [0.2, 0.25) is 11.9 Å². The Balaban J connectivity index is 1.85. The number of ether oxygens (including phenoxy) is 1. The molecule has 0 bridgehead atoms. The van der Waals surface area contributed by atoms with E-state index in [1.807, 2.05) is 48.5 Å². The van der Waals surface area contributed by atoms with E-state index in [-0.39, 0.29) is 5.91 Å². The lowest BCUT2D eigenvalue weighted by atomic mass is 10.2. The molecule has 0 radical (unpaired) electrons. The van der Waals surface area contributed by atoms with Gasteiger partial charge >= 0.3 is 0 Å². The van der Waals surface area contributed by atoms with Crippen LogP contribution < -0.4 is 16.0 Å². The highest BCUT2D eigenvalue weighted by molar-refractivity contribution is 5.91. The minimum Gasteiger partial charge on any atom is -0.385 e. The maximum Gasteiger partial charge on any atom is 0.229 e.